The van der Waals surface area contributed by atoms with Gasteiger partial charge in [-0.15, -0.1) is 0 Å². The highest BCUT2D eigenvalue weighted by atomic mass is 32.2. The van der Waals surface area contributed by atoms with Crippen LogP contribution in [-0.2, 0) is 4.79 Å². The molecule has 0 aromatic heterocycles. The van der Waals surface area contributed by atoms with Crippen LogP contribution in [0.15, 0.2) is 0 Å². The van der Waals surface area contributed by atoms with Crippen molar-refractivity contribution in [1.82, 2.24) is 5.32 Å². The van der Waals surface area contributed by atoms with E-state index in [0.29, 0.717) is 0 Å². The van der Waals surface area contributed by atoms with E-state index in [9.17, 15) is 4.79 Å². The van der Waals surface area contributed by atoms with Gasteiger partial charge in [-0.1, -0.05) is 19.3 Å². The summed E-state index contributed by atoms with van der Waals surface area (Å²) in [6, 6.07) is 0. The minimum absolute atomic E-state index is 0.0959. The molecule has 0 saturated heterocycles. The molecule has 1 saturated carbocycles. The van der Waals surface area contributed by atoms with Crippen molar-refractivity contribution in [2.75, 3.05) is 12.8 Å². The molecule has 0 aromatic carbocycles. The molecule has 0 radical (unpaired) electrons. The lowest BCUT2D eigenvalue weighted by atomic mass is 9.89. The number of carbonyl (C=O) groups is 1. The third-order valence-electron chi connectivity index (χ3n) is 3.01. The molecule has 1 N–H and O–H groups in total. The fraction of sp³-hybridized carbons (Fsp3) is 0.909. The topological polar surface area (TPSA) is 29.1 Å². The molecule has 0 aliphatic heterocycles. The average molecular weight is 215 g/mol. The van der Waals surface area contributed by atoms with Crippen molar-refractivity contribution in [2.24, 2.45) is 5.92 Å². The second kappa shape index (κ2) is 6.33. The summed E-state index contributed by atoms with van der Waals surface area (Å²) in [5.74, 6) is 0.935. The Morgan fingerprint density at radius 1 is 1.43 bits per heavy atom. The van der Waals surface area contributed by atoms with Crippen molar-refractivity contribution in [3.8, 4) is 0 Å². The van der Waals surface area contributed by atoms with E-state index in [0.717, 1.165) is 12.5 Å². The van der Waals surface area contributed by atoms with E-state index in [-0.39, 0.29) is 11.2 Å². The summed E-state index contributed by atoms with van der Waals surface area (Å²) in [4.78, 5) is 11.5. The first kappa shape index (κ1) is 11.9. The van der Waals surface area contributed by atoms with E-state index in [1.807, 2.05) is 13.2 Å². The number of thioether (sulfide) groups is 1. The summed E-state index contributed by atoms with van der Waals surface area (Å²) in [7, 11) is 0. The first-order valence-corrected chi connectivity index (χ1v) is 6.83. The molecule has 1 fully saturated rings. The Kier molecular flexibility index (Phi) is 5.38. The number of nitrogens with one attached hydrogen (secondary N) is 1. The van der Waals surface area contributed by atoms with Crippen LogP contribution in [0.3, 0.4) is 0 Å². The van der Waals surface area contributed by atoms with Gasteiger partial charge in [0.2, 0.25) is 5.91 Å². The quantitative estimate of drug-likeness (QED) is 0.780. The van der Waals surface area contributed by atoms with Crippen LogP contribution in [0.4, 0.5) is 0 Å². The summed E-state index contributed by atoms with van der Waals surface area (Å²) in [5, 5.41) is 3.14. The first-order chi connectivity index (χ1) is 6.74. The summed E-state index contributed by atoms with van der Waals surface area (Å²) >= 11 is 1.61. The predicted molar refractivity (Wildman–Crippen MR) is 62.6 cm³/mol. The highest BCUT2D eigenvalue weighted by Crippen LogP contribution is 2.22. The van der Waals surface area contributed by atoms with Gasteiger partial charge in [0.15, 0.2) is 0 Å². The van der Waals surface area contributed by atoms with E-state index in [4.69, 9.17) is 0 Å². The lowest BCUT2D eigenvalue weighted by molar-refractivity contribution is -0.120. The van der Waals surface area contributed by atoms with Crippen molar-refractivity contribution < 1.29 is 4.79 Å². The van der Waals surface area contributed by atoms with E-state index in [1.165, 1.54) is 32.1 Å². The Hall–Kier alpha value is -0.180. The zero-order chi connectivity index (χ0) is 10.4. The zero-order valence-corrected chi connectivity index (χ0v) is 10.0. The molecule has 1 amide bonds. The molecule has 0 unspecified atom stereocenters. The minimum Gasteiger partial charge on any atom is -0.355 e. The van der Waals surface area contributed by atoms with Gasteiger partial charge in [-0.05, 0) is 31.9 Å². The van der Waals surface area contributed by atoms with Gasteiger partial charge in [0.05, 0.1) is 5.25 Å². The van der Waals surface area contributed by atoms with Crippen LogP contribution in [-0.4, -0.2) is 24.0 Å². The molecule has 1 rings (SSSR count). The van der Waals surface area contributed by atoms with Crippen molar-refractivity contribution in [2.45, 2.75) is 44.3 Å². The lowest BCUT2D eigenvalue weighted by Crippen LogP contribution is -2.35. The molecule has 0 bridgehead atoms. The highest BCUT2D eigenvalue weighted by Gasteiger charge is 2.16. The molecule has 0 aromatic rings. The number of carbonyl (C=O) groups excluding carboxylic acids is 1. The van der Waals surface area contributed by atoms with Crippen molar-refractivity contribution in [1.29, 1.82) is 0 Å². The van der Waals surface area contributed by atoms with E-state index >= 15 is 0 Å². The smallest absolute Gasteiger partial charge is 0.232 e. The number of rotatable bonds is 4. The standard InChI is InChI=1S/C11H21NOS/c1-9(14-2)11(13)12-8-10-6-4-3-5-7-10/h9-10H,3-8H2,1-2H3,(H,12,13)/t9-/m1/s1. The minimum atomic E-state index is 0.0959. The molecule has 14 heavy (non-hydrogen) atoms. The van der Waals surface area contributed by atoms with Gasteiger partial charge in [-0.25, -0.2) is 0 Å². The maximum absolute atomic E-state index is 11.5. The number of amides is 1. The van der Waals surface area contributed by atoms with Gasteiger partial charge in [-0.2, -0.15) is 11.8 Å². The van der Waals surface area contributed by atoms with E-state index in [1.54, 1.807) is 11.8 Å². The van der Waals surface area contributed by atoms with Crippen molar-refractivity contribution in [3.05, 3.63) is 0 Å². The van der Waals surface area contributed by atoms with E-state index < -0.39 is 0 Å². The second-order valence-corrected chi connectivity index (χ2v) is 5.31. The molecule has 1 aliphatic rings. The molecular weight excluding hydrogens is 194 g/mol. The molecule has 3 heteroatoms. The summed E-state index contributed by atoms with van der Waals surface area (Å²) in [6.07, 6.45) is 8.65. The Morgan fingerprint density at radius 3 is 2.64 bits per heavy atom. The van der Waals surface area contributed by atoms with Crippen LogP contribution in [0.5, 0.6) is 0 Å². The van der Waals surface area contributed by atoms with E-state index in [2.05, 4.69) is 5.32 Å². The Bertz CT molecular complexity index is 178. The third-order valence-corrected chi connectivity index (χ3v) is 3.93. The Morgan fingerprint density at radius 2 is 2.07 bits per heavy atom. The fourth-order valence-corrected chi connectivity index (χ4v) is 2.18. The molecule has 0 heterocycles. The van der Waals surface area contributed by atoms with Crippen LogP contribution in [0, 0.1) is 5.92 Å². The normalized spacial score (nSPS) is 20.4. The molecule has 82 valence electrons. The van der Waals surface area contributed by atoms with Gasteiger partial charge in [0.1, 0.15) is 0 Å². The fourth-order valence-electron chi connectivity index (χ4n) is 1.89. The van der Waals surface area contributed by atoms with Crippen molar-refractivity contribution >= 4 is 17.7 Å². The van der Waals surface area contributed by atoms with Crippen LogP contribution in [0.1, 0.15) is 39.0 Å². The largest absolute Gasteiger partial charge is 0.355 e. The van der Waals surface area contributed by atoms with Crippen molar-refractivity contribution in [3.63, 3.8) is 0 Å². The summed E-state index contributed by atoms with van der Waals surface area (Å²) in [6.45, 7) is 2.85. The highest BCUT2D eigenvalue weighted by molar-refractivity contribution is 7.99. The van der Waals surface area contributed by atoms with Crippen LogP contribution < -0.4 is 5.32 Å². The molecule has 2 nitrogen and oxygen atoms in total. The molecule has 1 atom stereocenters. The maximum Gasteiger partial charge on any atom is 0.232 e. The molecular formula is C11H21NOS. The van der Waals surface area contributed by atoms with Crippen LogP contribution in [0.25, 0.3) is 0 Å². The molecule has 1 aliphatic carbocycles. The predicted octanol–water partition coefficient (Wildman–Crippen LogP) is 2.43. The van der Waals surface area contributed by atoms with Gasteiger partial charge in [-0.3, -0.25) is 4.79 Å². The monoisotopic (exact) mass is 215 g/mol. The lowest BCUT2D eigenvalue weighted by Gasteiger charge is -2.22. The summed E-state index contributed by atoms with van der Waals surface area (Å²) < 4.78 is 0. The maximum atomic E-state index is 11.5. The SMILES string of the molecule is CS[C@H](C)C(=O)NCC1CCCCC1. The van der Waals surface area contributed by atoms with Gasteiger partial charge < -0.3 is 5.32 Å². The van der Waals surface area contributed by atoms with Gasteiger partial charge in [0.25, 0.3) is 0 Å². The van der Waals surface area contributed by atoms with Gasteiger partial charge in [0, 0.05) is 6.54 Å². The first-order valence-electron chi connectivity index (χ1n) is 5.54. The summed E-state index contributed by atoms with van der Waals surface area (Å²) in [5.41, 5.74) is 0. The zero-order valence-electron chi connectivity index (χ0n) is 9.21. The second-order valence-electron chi connectivity index (χ2n) is 4.13. The van der Waals surface area contributed by atoms with Crippen LogP contribution >= 0.6 is 11.8 Å². The van der Waals surface area contributed by atoms with Gasteiger partial charge >= 0.3 is 0 Å². The average Bonchev–Trinajstić information content (AvgIpc) is 2.26. The third kappa shape index (κ3) is 3.91. The Labute approximate surface area is 91.2 Å². The Balaban J connectivity index is 2.15. The number of hydrogen-bond donors (Lipinski definition) is 1. The van der Waals surface area contributed by atoms with Crippen LogP contribution in [0.2, 0.25) is 0 Å². The molecule has 0 spiro atoms. The number of hydrogen-bond acceptors (Lipinski definition) is 2.